The summed E-state index contributed by atoms with van der Waals surface area (Å²) in [5, 5.41) is 8.90. The van der Waals surface area contributed by atoms with Crippen LogP contribution in [0.15, 0.2) is 9.59 Å². The van der Waals surface area contributed by atoms with Gasteiger partial charge in [-0.05, 0) is 18.8 Å². The lowest BCUT2D eigenvalue weighted by Gasteiger charge is -2.22. The van der Waals surface area contributed by atoms with Crippen LogP contribution in [0.1, 0.15) is 25.7 Å². The highest BCUT2D eigenvalue weighted by Gasteiger charge is 2.24. The topological polar surface area (TPSA) is 117 Å². The molecule has 1 unspecified atom stereocenters. The fourth-order valence-electron chi connectivity index (χ4n) is 2.35. The molecule has 0 saturated heterocycles. The fourth-order valence-corrected chi connectivity index (χ4v) is 2.35. The largest absolute Gasteiger partial charge is 0.360 e. The molecule has 1 saturated carbocycles. The summed E-state index contributed by atoms with van der Waals surface area (Å²) in [6.07, 6.45) is 4.66. The van der Waals surface area contributed by atoms with Crippen LogP contribution >= 0.6 is 0 Å². The first-order valence-corrected chi connectivity index (χ1v) is 5.86. The Bertz CT molecular complexity index is 474. The molecule has 1 aliphatic carbocycles. The third-order valence-corrected chi connectivity index (χ3v) is 3.26. The number of nitrogens with zero attached hydrogens (tertiary/aromatic N) is 1. The second kappa shape index (κ2) is 5.13. The predicted molar refractivity (Wildman–Crippen MR) is 63.9 cm³/mol. The monoisotopic (exact) mass is 239 g/mol. The molecule has 0 aromatic carbocycles. The summed E-state index contributed by atoms with van der Waals surface area (Å²) in [4.78, 5) is 24.4. The Balaban J connectivity index is 2.12. The average molecular weight is 239 g/mol. The van der Waals surface area contributed by atoms with E-state index in [1.54, 1.807) is 0 Å². The van der Waals surface area contributed by atoms with Gasteiger partial charge in [-0.2, -0.15) is 0 Å². The van der Waals surface area contributed by atoms with E-state index in [0.29, 0.717) is 12.5 Å². The molecule has 1 atom stereocenters. The molecule has 5 N–H and O–H groups in total. The number of anilines is 1. The molecule has 2 rings (SSSR count). The van der Waals surface area contributed by atoms with Crippen LogP contribution < -0.4 is 22.3 Å². The zero-order valence-corrected chi connectivity index (χ0v) is 9.53. The van der Waals surface area contributed by atoms with Gasteiger partial charge in [-0.1, -0.05) is 12.8 Å². The van der Waals surface area contributed by atoms with E-state index < -0.39 is 11.2 Å². The van der Waals surface area contributed by atoms with E-state index in [4.69, 9.17) is 5.73 Å². The average Bonchev–Trinajstić information content (AvgIpc) is 2.81. The number of aromatic amines is 2. The van der Waals surface area contributed by atoms with Crippen molar-refractivity contribution in [2.24, 2.45) is 11.7 Å². The standard InChI is InChI=1S/C10H17N5O2/c11-5-7(6-3-1-2-4-6)12-8-9(16)13-10(17)15-14-8/h6-7H,1-5,11H2,(H,12,14)(H2,13,15,16,17). The van der Waals surface area contributed by atoms with Gasteiger partial charge in [0.1, 0.15) is 0 Å². The van der Waals surface area contributed by atoms with E-state index >= 15 is 0 Å². The van der Waals surface area contributed by atoms with Gasteiger partial charge in [0.25, 0.3) is 5.56 Å². The van der Waals surface area contributed by atoms with E-state index in [2.05, 4.69) is 20.5 Å². The number of hydrogen-bond donors (Lipinski definition) is 4. The third kappa shape index (κ3) is 2.73. The van der Waals surface area contributed by atoms with Crippen molar-refractivity contribution < 1.29 is 0 Å². The number of nitrogens with one attached hydrogen (secondary N) is 3. The van der Waals surface area contributed by atoms with E-state index in [9.17, 15) is 9.59 Å². The van der Waals surface area contributed by atoms with Crippen LogP contribution in [0.4, 0.5) is 5.82 Å². The maximum absolute atomic E-state index is 11.5. The Hall–Kier alpha value is -1.63. The molecule has 0 bridgehead atoms. The first-order valence-electron chi connectivity index (χ1n) is 5.86. The number of hydrogen-bond acceptors (Lipinski definition) is 5. The molecule has 0 spiro atoms. The molecule has 17 heavy (non-hydrogen) atoms. The summed E-state index contributed by atoms with van der Waals surface area (Å²) in [5.74, 6) is 0.611. The first kappa shape index (κ1) is 11.8. The Kier molecular flexibility index (Phi) is 3.58. The molecular formula is C10H17N5O2. The van der Waals surface area contributed by atoms with Crippen molar-refractivity contribution in [2.75, 3.05) is 11.9 Å². The van der Waals surface area contributed by atoms with Crippen molar-refractivity contribution in [2.45, 2.75) is 31.7 Å². The van der Waals surface area contributed by atoms with E-state index in [1.165, 1.54) is 12.8 Å². The van der Waals surface area contributed by atoms with Crippen molar-refractivity contribution in [3.8, 4) is 0 Å². The van der Waals surface area contributed by atoms with Crippen LogP contribution in [0.5, 0.6) is 0 Å². The van der Waals surface area contributed by atoms with Gasteiger partial charge >= 0.3 is 5.69 Å². The quantitative estimate of drug-likeness (QED) is 0.559. The van der Waals surface area contributed by atoms with Gasteiger partial charge in [-0.3, -0.25) is 9.78 Å². The molecule has 0 amide bonds. The summed E-state index contributed by atoms with van der Waals surface area (Å²) in [6, 6.07) is 0.0389. The lowest BCUT2D eigenvalue weighted by molar-refractivity contribution is 0.460. The minimum Gasteiger partial charge on any atom is -0.360 e. The molecule has 1 aliphatic rings. The van der Waals surface area contributed by atoms with Gasteiger partial charge in [0, 0.05) is 12.6 Å². The lowest BCUT2D eigenvalue weighted by atomic mass is 9.98. The second-order valence-corrected chi connectivity index (χ2v) is 4.39. The highest BCUT2D eigenvalue weighted by Crippen LogP contribution is 2.28. The third-order valence-electron chi connectivity index (χ3n) is 3.26. The van der Waals surface area contributed by atoms with Crippen molar-refractivity contribution in [1.29, 1.82) is 0 Å². The lowest BCUT2D eigenvalue weighted by Crippen LogP contribution is -2.38. The van der Waals surface area contributed by atoms with Crippen LogP contribution in [0, 0.1) is 5.92 Å². The molecule has 1 fully saturated rings. The van der Waals surface area contributed by atoms with Crippen LogP contribution in [0.25, 0.3) is 0 Å². The smallest absolute Gasteiger partial charge is 0.342 e. The number of H-pyrrole nitrogens is 2. The van der Waals surface area contributed by atoms with E-state index in [0.717, 1.165) is 12.8 Å². The zero-order valence-electron chi connectivity index (χ0n) is 9.53. The number of nitrogens with two attached hydrogens (primary N) is 1. The molecule has 7 nitrogen and oxygen atoms in total. The molecule has 7 heteroatoms. The maximum Gasteiger partial charge on any atom is 0.342 e. The Morgan fingerprint density at radius 1 is 1.41 bits per heavy atom. The van der Waals surface area contributed by atoms with E-state index in [-0.39, 0.29) is 11.9 Å². The second-order valence-electron chi connectivity index (χ2n) is 4.39. The van der Waals surface area contributed by atoms with Crippen molar-refractivity contribution in [3.05, 3.63) is 20.8 Å². The maximum atomic E-state index is 11.5. The molecular weight excluding hydrogens is 222 g/mol. The first-order chi connectivity index (χ1) is 8.20. The van der Waals surface area contributed by atoms with E-state index in [1.807, 2.05) is 0 Å². The summed E-state index contributed by atoms with van der Waals surface area (Å²) in [5.41, 5.74) is 4.59. The van der Waals surface area contributed by atoms with Crippen LogP contribution in [0.2, 0.25) is 0 Å². The van der Waals surface area contributed by atoms with Crippen LogP contribution in [-0.2, 0) is 0 Å². The Morgan fingerprint density at radius 2 is 2.12 bits per heavy atom. The van der Waals surface area contributed by atoms with Crippen LogP contribution in [0.3, 0.4) is 0 Å². The van der Waals surface area contributed by atoms with Gasteiger partial charge in [-0.15, -0.1) is 5.10 Å². The van der Waals surface area contributed by atoms with Crippen molar-refractivity contribution in [3.63, 3.8) is 0 Å². The van der Waals surface area contributed by atoms with Gasteiger partial charge in [-0.25, -0.2) is 9.89 Å². The molecule has 1 aromatic rings. The molecule has 1 heterocycles. The molecule has 0 aliphatic heterocycles. The molecule has 94 valence electrons. The van der Waals surface area contributed by atoms with Crippen molar-refractivity contribution in [1.82, 2.24) is 15.2 Å². The fraction of sp³-hybridized carbons (Fsp3) is 0.700. The number of rotatable bonds is 4. The van der Waals surface area contributed by atoms with Gasteiger partial charge in [0.05, 0.1) is 0 Å². The Morgan fingerprint density at radius 3 is 2.71 bits per heavy atom. The van der Waals surface area contributed by atoms with Crippen LogP contribution in [-0.4, -0.2) is 27.8 Å². The Labute approximate surface area is 97.8 Å². The van der Waals surface area contributed by atoms with Gasteiger partial charge in [0.2, 0.25) is 5.82 Å². The summed E-state index contributed by atoms with van der Waals surface area (Å²) < 4.78 is 0. The molecule has 1 aromatic heterocycles. The highest BCUT2D eigenvalue weighted by molar-refractivity contribution is 5.30. The minimum absolute atomic E-state index is 0.0389. The summed E-state index contributed by atoms with van der Waals surface area (Å²) in [7, 11) is 0. The van der Waals surface area contributed by atoms with Gasteiger partial charge < -0.3 is 11.1 Å². The predicted octanol–water partition coefficient (Wildman–Crippen LogP) is -0.612. The summed E-state index contributed by atoms with van der Waals surface area (Å²) >= 11 is 0. The highest BCUT2D eigenvalue weighted by atomic mass is 16.2. The normalized spacial score (nSPS) is 18.2. The van der Waals surface area contributed by atoms with Crippen molar-refractivity contribution >= 4 is 5.82 Å². The summed E-state index contributed by atoms with van der Waals surface area (Å²) in [6.45, 7) is 0.449. The molecule has 0 radical (unpaired) electrons. The SMILES string of the molecule is NCC(Nc1n[nH]c(=O)[nH]c1=O)C1CCCC1. The zero-order chi connectivity index (χ0) is 12.3. The number of aromatic nitrogens is 3. The minimum atomic E-state index is -0.606. The van der Waals surface area contributed by atoms with Gasteiger partial charge in [0.15, 0.2) is 0 Å².